The van der Waals surface area contributed by atoms with Crippen molar-refractivity contribution >= 4 is 23.3 Å². The van der Waals surface area contributed by atoms with Gasteiger partial charge >= 0.3 is 6.18 Å². The van der Waals surface area contributed by atoms with Crippen molar-refractivity contribution in [1.29, 1.82) is 0 Å². The van der Waals surface area contributed by atoms with E-state index in [1.807, 2.05) is 36.3 Å². The summed E-state index contributed by atoms with van der Waals surface area (Å²) in [5, 5.41) is 18.5. The van der Waals surface area contributed by atoms with E-state index in [0.717, 1.165) is 28.9 Å². The molecular formula is C24H23F3N4O2. The Bertz CT molecular complexity index is 1150. The van der Waals surface area contributed by atoms with E-state index in [-0.39, 0.29) is 19.1 Å². The minimum atomic E-state index is -4.40. The maximum absolute atomic E-state index is 13.0. The predicted octanol–water partition coefficient (Wildman–Crippen LogP) is 5.11. The van der Waals surface area contributed by atoms with Gasteiger partial charge < -0.3 is 15.2 Å². The fourth-order valence-corrected chi connectivity index (χ4v) is 3.65. The second-order valence-electron chi connectivity index (χ2n) is 7.64. The Morgan fingerprint density at radius 3 is 2.76 bits per heavy atom. The van der Waals surface area contributed by atoms with Crippen LogP contribution in [0.4, 0.5) is 30.2 Å². The second-order valence-corrected chi connectivity index (χ2v) is 7.64. The van der Waals surface area contributed by atoms with E-state index in [1.165, 1.54) is 6.07 Å². The summed E-state index contributed by atoms with van der Waals surface area (Å²) in [6, 6.07) is 12.4. The first-order valence-corrected chi connectivity index (χ1v) is 10.4. The van der Waals surface area contributed by atoms with E-state index >= 15 is 0 Å². The molecule has 0 saturated heterocycles. The van der Waals surface area contributed by atoms with Crippen LogP contribution in [-0.4, -0.2) is 36.1 Å². The number of halogens is 3. The van der Waals surface area contributed by atoms with Gasteiger partial charge in [-0.25, -0.2) is 0 Å². The Balaban J connectivity index is 1.52. The van der Waals surface area contributed by atoms with Crippen LogP contribution >= 0.6 is 0 Å². The Hall–Kier alpha value is -3.59. The van der Waals surface area contributed by atoms with Crippen molar-refractivity contribution in [3.05, 3.63) is 77.6 Å². The zero-order chi connectivity index (χ0) is 23.4. The molecule has 33 heavy (non-hydrogen) atoms. The first kappa shape index (κ1) is 22.6. The predicted molar refractivity (Wildman–Crippen MR) is 121 cm³/mol. The van der Waals surface area contributed by atoms with E-state index in [4.69, 9.17) is 9.84 Å². The molecule has 6 nitrogen and oxygen atoms in total. The zero-order valence-corrected chi connectivity index (χ0v) is 17.9. The highest BCUT2D eigenvalue weighted by molar-refractivity contribution is 5.77. The molecule has 0 fully saturated rings. The van der Waals surface area contributed by atoms with Gasteiger partial charge in [0, 0.05) is 41.5 Å². The summed E-state index contributed by atoms with van der Waals surface area (Å²) < 4.78 is 44.7. The lowest BCUT2D eigenvalue weighted by Gasteiger charge is -2.20. The number of rotatable bonds is 7. The monoisotopic (exact) mass is 456 g/mol. The highest BCUT2D eigenvalue weighted by atomic mass is 19.4. The van der Waals surface area contributed by atoms with Crippen molar-refractivity contribution in [3.8, 4) is 5.75 Å². The molecule has 9 heteroatoms. The molecule has 2 aromatic carbocycles. The van der Waals surface area contributed by atoms with Gasteiger partial charge in [0.2, 0.25) is 0 Å². The lowest BCUT2D eigenvalue weighted by Crippen LogP contribution is -2.18. The number of benzene rings is 2. The summed E-state index contributed by atoms with van der Waals surface area (Å²) in [5.41, 5.74) is 2.98. The topological polar surface area (TPSA) is 70.0 Å². The normalized spacial score (nSPS) is 15.7. The molecule has 0 aliphatic carbocycles. The molecule has 0 spiro atoms. The number of aromatic nitrogens is 1. The van der Waals surface area contributed by atoms with Crippen molar-refractivity contribution in [2.75, 3.05) is 30.1 Å². The summed E-state index contributed by atoms with van der Waals surface area (Å²) >= 11 is 0. The number of hydrogen-bond donors (Lipinski definition) is 2. The number of aryl methyl sites for hydroxylation is 1. The number of aliphatic hydroxyl groups is 1. The number of hydrogen-bond acceptors (Lipinski definition) is 6. The van der Waals surface area contributed by atoms with Gasteiger partial charge in [-0.05, 0) is 48.9 Å². The van der Waals surface area contributed by atoms with Gasteiger partial charge in [0.25, 0.3) is 0 Å². The molecule has 0 amide bonds. The zero-order valence-electron chi connectivity index (χ0n) is 17.9. The number of aliphatic hydroxyl groups excluding tert-OH is 1. The third-order valence-corrected chi connectivity index (χ3v) is 5.28. The highest BCUT2D eigenvalue weighted by Gasteiger charge is 2.30. The molecule has 2 N–H and O–H groups in total. The molecule has 1 unspecified atom stereocenters. The first-order valence-electron chi connectivity index (χ1n) is 10.4. The third-order valence-electron chi connectivity index (χ3n) is 5.28. The molecule has 0 radical (unpaired) electrons. The number of nitrogens with one attached hydrogen (secondary N) is 1. The highest BCUT2D eigenvalue weighted by Crippen LogP contribution is 2.35. The Labute approximate surface area is 189 Å². The van der Waals surface area contributed by atoms with Crippen molar-refractivity contribution in [3.63, 3.8) is 0 Å². The molecule has 172 valence electrons. The summed E-state index contributed by atoms with van der Waals surface area (Å²) in [7, 11) is 0. The van der Waals surface area contributed by atoms with Crippen LogP contribution in [0.25, 0.3) is 0 Å². The summed E-state index contributed by atoms with van der Waals surface area (Å²) in [5.74, 6) is 0.584. The van der Waals surface area contributed by atoms with Crippen molar-refractivity contribution in [2.45, 2.75) is 19.0 Å². The van der Waals surface area contributed by atoms with Crippen LogP contribution in [0.15, 0.2) is 66.0 Å². The smallest absolute Gasteiger partial charge is 0.416 e. The maximum atomic E-state index is 13.0. The van der Waals surface area contributed by atoms with E-state index in [0.29, 0.717) is 23.7 Å². The van der Waals surface area contributed by atoms with E-state index < -0.39 is 11.7 Å². The maximum Gasteiger partial charge on any atom is 0.416 e. The lowest BCUT2D eigenvalue weighted by atomic mass is 10.0. The molecule has 1 aromatic heterocycles. The standard InChI is InChI=1S/C24H23F3N4O2/c1-16-5-6-20(30-19-4-2-3-18(11-19)24(25,26)27)12-22(16)31-15-17(13-29-31)21-14-28-8-7-23(21)33-10-9-32/h2-8,11-14,17,30,32H,9-10,15H2,1H3. The van der Waals surface area contributed by atoms with Crippen LogP contribution in [0, 0.1) is 6.92 Å². The number of hydrazone groups is 1. The molecule has 0 bridgehead atoms. The van der Waals surface area contributed by atoms with E-state index in [9.17, 15) is 13.2 Å². The largest absolute Gasteiger partial charge is 0.491 e. The average molecular weight is 456 g/mol. The van der Waals surface area contributed by atoms with Crippen LogP contribution in [-0.2, 0) is 6.18 Å². The van der Waals surface area contributed by atoms with E-state index in [2.05, 4.69) is 15.4 Å². The Kier molecular flexibility index (Phi) is 6.50. The number of ether oxygens (including phenoxy) is 1. The van der Waals surface area contributed by atoms with Crippen molar-refractivity contribution < 1.29 is 23.0 Å². The van der Waals surface area contributed by atoms with Gasteiger partial charge in [-0.15, -0.1) is 0 Å². The molecule has 2 heterocycles. The fourth-order valence-electron chi connectivity index (χ4n) is 3.65. The Morgan fingerprint density at radius 2 is 1.97 bits per heavy atom. The molecular weight excluding hydrogens is 433 g/mol. The third kappa shape index (κ3) is 5.25. The van der Waals surface area contributed by atoms with Gasteiger partial charge in [-0.3, -0.25) is 9.99 Å². The minimum absolute atomic E-state index is 0.0631. The molecule has 1 aliphatic heterocycles. The molecule has 0 saturated carbocycles. The molecule has 3 aromatic rings. The van der Waals surface area contributed by atoms with Crippen LogP contribution in [0.3, 0.4) is 0 Å². The minimum Gasteiger partial charge on any atom is -0.491 e. The Morgan fingerprint density at radius 1 is 1.15 bits per heavy atom. The lowest BCUT2D eigenvalue weighted by molar-refractivity contribution is -0.137. The number of anilines is 3. The number of pyridine rings is 1. The SMILES string of the molecule is Cc1ccc(Nc2cccc(C(F)(F)F)c2)cc1N1CC(c2cnccc2OCCO)C=N1. The van der Waals surface area contributed by atoms with Gasteiger partial charge in [-0.1, -0.05) is 12.1 Å². The van der Waals surface area contributed by atoms with Gasteiger partial charge in [0.15, 0.2) is 0 Å². The van der Waals surface area contributed by atoms with Crippen molar-refractivity contribution in [1.82, 2.24) is 4.98 Å². The molecule has 1 atom stereocenters. The summed E-state index contributed by atoms with van der Waals surface area (Å²) in [6.07, 6.45) is 0.773. The van der Waals surface area contributed by atoms with Crippen LogP contribution in [0.2, 0.25) is 0 Å². The quantitative estimate of drug-likeness (QED) is 0.517. The van der Waals surface area contributed by atoms with Gasteiger partial charge in [-0.2, -0.15) is 18.3 Å². The van der Waals surface area contributed by atoms with Gasteiger partial charge in [0.1, 0.15) is 12.4 Å². The second kappa shape index (κ2) is 9.50. The number of nitrogens with zero attached hydrogens (tertiary/aromatic N) is 3. The molecule has 4 rings (SSSR count). The summed E-state index contributed by atoms with van der Waals surface area (Å²) in [6.45, 7) is 2.60. The van der Waals surface area contributed by atoms with E-state index in [1.54, 1.807) is 24.5 Å². The fraction of sp³-hybridized carbons (Fsp3) is 0.250. The van der Waals surface area contributed by atoms with Crippen LogP contribution in [0.5, 0.6) is 5.75 Å². The van der Waals surface area contributed by atoms with Crippen molar-refractivity contribution in [2.24, 2.45) is 5.10 Å². The van der Waals surface area contributed by atoms with Crippen LogP contribution < -0.4 is 15.1 Å². The molecule has 1 aliphatic rings. The van der Waals surface area contributed by atoms with Gasteiger partial charge in [0.05, 0.1) is 24.4 Å². The first-order chi connectivity index (χ1) is 15.8. The number of alkyl halides is 3. The average Bonchev–Trinajstić information content (AvgIpc) is 3.29. The summed E-state index contributed by atoms with van der Waals surface area (Å²) in [4.78, 5) is 4.19. The van der Waals surface area contributed by atoms with Crippen LogP contribution in [0.1, 0.15) is 22.6 Å².